The molecule has 3 fully saturated rings. The van der Waals surface area contributed by atoms with Crippen LogP contribution in [0.5, 0.6) is 0 Å². The number of hydrogen-bond acceptors (Lipinski definition) is 6. The second-order valence-corrected chi connectivity index (χ2v) is 10.0. The van der Waals surface area contributed by atoms with Gasteiger partial charge in [0.25, 0.3) is 0 Å². The number of rotatable bonds is 9. The quantitative estimate of drug-likeness (QED) is 0.533. The summed E-state index contributed by atoms with van der Waals surface area (Å²) in [6.45, 7) is 7.75. The van der Waals surface area contributed by atoms with Crippen LogP contribution >= 0.6 is 0 Å². The topological polar surface area (TPSA) is 105 Å². The number of carbonyl (C=O) groups is 3. The molecule has 1 aromatic carbocycles. The monoisotopic (exact) mass is 472 g/mol. The Morgan fingerprint density at radius 1 is 1.24 bits per heavy atom. The Labute approximate surface area is 201 Å². The molecule has 0 aromatic heterocycles. The largest absolute Gasteiger partial charge is 0.466 e. The summed E-state index contributed by atoms with van der Waals surface area (Å²) < 4.78 is 12.0. The second-order valence-electron chi connectivity index (χ2n) is 10.0. The van der Waals surface area contributed by atoms with Crippen LogP contribution in [-0.4, -0.2) is 64.3 Å². The molecule has 34 heavy (non-hydrogen) atoms. The number of nitrogens with one attached hydrogen (secondary N) is 1. The molecule has 8 nitrogen and oxygen atoms in total. The van der Waals surface area contributed by atoms with E-state index in [-0.39, 0.29) is 30.9 Å². The Kier molecular flexibility index (Phi) is 6.75. The molecule has 0 aliphatic carbocycles. The van der Waals surface area contributed by atoms with E-state index in [1.165, 1.54) is 4.90 Å². The molecule has 2 amide bonds. The van der Waals surface area contributed by atoms with Crippen LogP contribution in [0.15, 0.2) is 30.3 Å². The molecule has 6 atom stereocenters. The van der Waals surface area contributed by atoms with Crippen LogP contribution in [0.3, 0.4) is 0 Å². The van der Waals surface area contributed by atoms with Crippen molar-refractivity contribution in [3.63, 3.8) is 0 Å². The third-order valence-electron chi connectivity index (χ3n) is 8.03. The maximum absolute atomic E-state index is 14.0. The van der Waals surface area contributed by atoms with Crippen LogP contribution < -0.4 is 5.32 Å². The van der Waals surface area contributed by atoms with Gasteiger partial charge >= 0.3 is 5.97 Å². The second kappa shape index (κ2) is 9.30. The van der Waals surface area contributed by atoms with E-state index in [1.807, 2.05) is 51.1 Å². The van der Waals surface area contributed by atoms with Gasteiger partial charge < -0.3 is 24.8 Å². The van der Waals surface area contributed by atoms with Crippen molar-refractivity contribution in [2.45, 2.75) is 76.8 Å². The fraction of sp³-hybridized carbons (Fsp3) is 0.654. The van der Waals surface area contributed by atoms with Crippen LogP contribution in [0.4, 0.5) is 0 Å². The molecular formula is C26H36N2O6. The number of amides is 2. The zero-order valence-electron chi connectivity index (χ0n) is 20.5. The number of aliphatic hydroxyl groups excluding tert-OH is 1. The fourth-order valence-corrected chi connectivity index (χ4v) is 6.41. The van der Waals surface area contributed by atoms with Gasteiger partial charge in [-0.3, -0.25) is 14.4 Å². The van der Waals surface area contributed by atoms with E-state index in [1.54, 1.807) is 6.92 Å². The van der Waals surface area contributed by atoms with Gasteiger partial charge in [0.05, 0.1) is 30.8 Å². The first-order valence-corrected chi connectivity index (χ1v) is 12.4. The van der Waals surface area contributed by atoms with E-state index >= 15 is 0 Å². The maximum Gasteiger partial charge on any atom is 0.312 e. The zero-order chi connectivity index (χ0) is 24.7. The van der Waals surface area contributed by atoms with Crippen molar-refractivity contribution in [2.24, 2.45) is 17.8 Å². The molecular weight excluding hydrogens is 436 g/mol. The van der Waals surface area contributed by atoms with Gasteiger partial charge in [0.2, 0.25) is 11.8 Å². The van der Waals surface area contributed by atoms with E-state index in [0.29, 0.717) is 25.8 Å². The number of esters is 1. The SMILES string of the molecule is CCOC(=O)[C@@H]1[C@H]2C(=O)N([C@@H](CO)C(C)C)C(C(=O)NCc3ccccc3)C23CC[C@@]1(CC)O3. The summed E-state index contributed by atoms with van der Waals surface area (Å²) in [4.78, 5) is 42.4. The first-order chi connectivity index (χ1) is 16.3. The van der Waals surface area contributed by atoms with Crippen LogP contribution in [0, 0.1) is 17.8 Å². The first-order valence-electron chi connectivity index (χ1n) is 12.4. The molecule has 1 aromatic rings. The number of nitrogens with zero attached hydrogens (tertiary/aromatic N) is 1. The number of hydrogen-bond donors (Lipinski definition) is 2. The fourth-order valence-electron chi connectivity index (χ4n) is 6.41. The minimum atomic E-state index is -1.12. The number of ether oxygens (including phenoxy) is 2. The third kappa shape index (κ3) is 3.62. The highest BCUT2D eigenvalue weighted by Gasteiger charge is 2.79. The van der Waals surface area contributed by atoms with Gasteiger partial charge in [-0.15, -0.1) is 0 Å². The standard InChI is InChI=1S/C26H36N2O6/c1-5-25-12-13-26(34-25)19(20(25)24(32)33-6-2)23(31)28(18(15-29)16(3)4)21(26)22(30)27-14-17-10-8-7-9-11-17/h7-11,16,18-21,29H,5-6,12-15H2,1-4H3,(H,27,30)/t18-,19-,20-,21?,25+,26?/m0/s1. The van der Waals surface area contributed by atoms with Gasteiger partial charge in [0.1, 0.15) is 17.6 Å². The van der Waals surface area contributed by atoms with Gasteiger partial charge in [0.15, 0.2) is 0 Å². The van der Waals surface area contributed by atoms with E-state index in [9.17, 15) is 19.5 Å². The predicted octanol–water partition coefficient (Wildman–Crippen LogP) is 2.04. The molecule has 186 valence electrons. The van der Waals surface area contributed by atoms with Crippen LogP contribution in [-0.2, 0) is 30.4 Å². The number of carbonyl (C=O) groups excluding carboxylic acids is 3. The molecule has 2 unspecified atom stereocenters. The van der Waals surface area contributed by atoms with Gasteiger partial charge in [-0.05, 0) is 37.7 Å². The van der Waals surface area contributed by atoms with Gasteiger partial charge in [-0.2, -0.15) is 0 Å². The smallest absolute Gasteiger partial charge is 0.312 e. The molecule has 3 heterocycles. The highest BCUT2D eigenvalue weighted by molar-refractivity contribution is 5.98. The highest BCUT2D eigenvalue weighted by Crippen LogP contribution is 2.64. The molecule has 0 radical (unpaired) electrons. The zero-order valence-corrected chi connectivity index (χ0v) is 20.5. The maximum atomic E-state index is 14.0. The molecule has 0 saturated carbocycles. The summed E-state index contributed by atoms with van der Waals surface area (Å²) in [6.07, 6.45) is 1.63. The minimum Gasteiger partial charge on any atom is -0.466 e. The van der Waals surface area contributed by atoms with Crippen molar-refractivity contribution in [3.05, 3.63) is 35.9 Å². The van der Waals surface area contributed by atoms with Crippen molar-refractivity contribution in [1.82, 2.24) is 10.2 Å². The molecule has 3 aliphatic rings. The summed E-state index contributed by atoms with van der Waals surface area (Å²) >= 11 is 0. The number of fused-ring (bicyclic) bond motifs is 1. The van der Waals surface area contributed by atoms with Crippen molar-refractivity contribution < 1.29 is 29.0 Å². The Balaban J connectivity index is 1.75. The molecule has 8 heteroatoms. The summed E-state index contributed by atoms with van der Waals surface area (Å²) in [5, 5.41) is 13.2. The van der Waals surface area contributed by atoms with Crippen LogP contribution in [0.2, 0.25) is 0 Å². The summed E-state index contributed by atoms with van der Waals surface area (Å²) in [5.41, 5.74) is -0.994. The Bertz CT molecular complexity index is 936. The van der Waals surface area contributed by atoms with Crippen molar-refractivity contribution >= 4 is 17.8 Å². The Morgan fingerprint density at radius 3 is 2.53 bits per heavy atom. The molecule has 2 bridgehead atoms. The first kappa shape index (κ1) is 24.7. The van der Waals surface area contributed by atoms with Gasteiger partial charge in [-0.25, -0.2) is 0 Å². The summed E-state index contributed by atoms with van der Waals surface area (Å²) in [6, 6.07) is 8.06. The lowest BCUT2D eigenvalue weighted by Crippen LogP contribution is -2.58. The van der Waals surface area contributed by atoms with E-state index in [4.69, 9.17) is 9.47 Å². The van der Waals surface area contributed by atoms with Gasteiger partial charge in [-0.1, -0.05) is 51.1 Å². The Hall–Kier alpha value is -2.45. The number of benzene rings is 1. The predicted molar refractivity (Wildman–Crippen MR) is 124 cm³/mol. The average Bonchev–Trinajstić information content (AvgIpc) is 3.43. The minimum absolute atomic E-state index is 0.0908. The molecule has 2 N–H and O–H groups in total. The summed E-state index contributed by atoms with van der Waals surface area (Å²) in [5.74, 6) is -2.73. The van der Waals surface area contributed by atoms with Crippen LogP contribution in [0.1, 0.15) is 52.5 Å². The van der Waals surface area contributed by atoms with E-state index in [0.717, 1.165) is 5.56 Å². The van der Waals surface area contributed by atoms with E-state index < -0.39 is 41.1 Å². The number of aliphatic hydroxyl groups is 1. The summed E-state index contributed by atoms with van der Waals surface area (Å²) in [7, 11) is 0. The van der Waals surface area contributed by atoms with Crippen LogP contribution in [0.25, 0.3) is 0 Å². The lowest BCUT2D eigenvalue weighted by Gasteiger charge is -2.38. The average molecular weight is 473 g/mol. The highest BCUT2D eigenvalue weighted by atomic mass is 16.6. The van der Waals surface area contributed by atoms with Gasteiger partial charge in [0, 0.05) is 6.54 Å². The van der Waals surface area contributed by atoms with E-state index in [2.05, 4.69) is 5.32 Å². The Morgan fingerprint density at radius 2 is 1.94 bits per heavy atom. The van der Waals surface area contributed by atoms with Crippen molar-refractivity contribution in [2.75, 3.05) is 13.2 Å². The third-order valence-corrected chi connectivity index (χ3v) is 8.03. The molecule has 3 aliphatic heterocycles. The normalized spacial score (nSPS) is 32.7. The van der Waals surface area contributed by atoms with Crippen molar-refractivity contribution in [3.8, 4) is 0 Å². The lowest BCUT2D eigenvalue weighted by atomic mass is 9.65. The molecule has 3 saturated heterocycles. The number of likely N-dealkylation sites (tertiary alicyclic amines) is 1. The lowest BCUT2D eigenvalue weighted by molar-refractivity contribution is -0.162. The molecule has 1 spiro atoms. The molecule has 4 rings (SSSR count). The van der Waals surface area contributed by atoms with Crippen molar-refractivity contribution in [1.29, 1.82) is 0 Å².